The lowest BCUT2D eigenvalue weighted by Crippen LogP contribution is -2.27. The first-order valence-electron chi connectivity index (χ1n) is 9.96. The summed E-state index contributed by atoms with van der Waals surface area (Å²) in [4.78, 5) is 26.7. The van der Waals surface area contributed by atoms with Crippen LogP contribution in [0.1, 0.15) is 22.3 Å². The average Bonchev–Trinajstić information content (AvgIpc) is 3.07. The summed E-state index contributed by atoms with van der Waals surface area (Å²) < 4.78 is 5.77. The van der Waals surface area contributed by atoms with Crippen molar-refractivity contribution in [2.45, 2.75) is 13.2 Å². The monoisotopic (exact) mass is 528 g/mol. The molecule has 3 aromatic carbocycles. The predicted octanol–water partition coefficient (Wildman–Crippen LogP) is 7.33. The molecule has 1 saturated heterocycles. The summed E-state index contributed by atoms with van der Waals surface area (Å²) in [7, 11) is 0. The van der Waals surface area contributed by atoms with E-state index in [1.165, 1.54) is 0 Å². The largest absolute Gasteiger partial charge is 0.486 e. The maximum atomic E-state index is 12.9. The van der Waals surface area contributed by atoms with E-state index in [-0.39, 0.29) is 28.1 Å². The summed E-state index contributed by atoms with van der Waals surface area (Å²) in [5.41, 5.74) is 2.34. The fourth-order valence-corrected chi connectivity index (χ4v) is 4.93. The number of halogens is 3. The van der Waals surface area contributed by atoms with Crippen LogP contribution in [-0.2, 0) is 17.9 Å². The number of carbonyl (C=O) groups excluding carboxylic acids is 2. The number of nitriles is 1. The third-order valence-electron chi connectivity index (χ3n) is 4.99. The number of amides is 2. The highest BCUT2D eigenvalue weighted by Gasteiger charge is 2.35. The number of imide groups is 1. The summed E-state index contributed by atoms with van der Waals surface area (Å²) in [5.74, 6) is -0.157. The van der Waals surface area contributed by atoms with Crippen molar-refractivity contribution in [3.8, 4) is 11.8 Å². The Kier molecular flexibility index (Phi) is 7.50. The fourth-order valence-electron chi connectivity index (χ4n) is 3.29. The van der Waals surface area contributed by atoms with E-state index in [0.717, 1.165) is 22.2 Å². The summed E-state index contributed by atoms with van der Waals surface area (Å²) in [6.07, 6.45) is 1.55. The van der Waals surface area contributed by atoms with Crippen molar-refractivity contribution in [3.63, 3.8) is 0 Å². The lowest BCUT2D eigenvalue weighted by molar-refractivity contribution is -0.123. The van der Waals surface area contributed by atoms with Crippen LogP contribution in [-0.4, -0.2) is 16.0 Å². The van der Waals surface area contributed by atoms with Crippen molar-refractivity contribution in [3.05, 3.63) is 103 Å². The third kappa shape index (κ3) is 5.24. The molecule has 3 aromatic rings. The Morgan fingerprint density at radius 2 is 1.59 bits per heavy atom. The van der Waals surface area contributed by atoms with Crippen molar-refractivity contribution in [1.29, 1.82) is 5.26 Å². The molecule has 5 nitrogen and oxygen atoms in total. The molecule has 1 aliphatic heterocycles. The van der Waals surface area contributed by atoms with Gasteiger partial charge in [0, 0.05) is 10.6 Å². The van der Waals surface area contributed by atoms with Crippen molar-refractivity contribution in [2.75, 3.05) is 0 Å². The van der Waals surface area contributed by atoms with Gasteiger partial charge in [-0.1, -0.05) is 71.2 Å². The minimum Gasteiger partial charge on any atom is -0.486 e. The second-order valence-corrected chi connectivity index (χ2v) is 9.45. The number of carbonyl (C=O) groups is 2. The Labute approximate surface area is 215 Å². The zero-order chi connectivity index (χ0) is 24.2. The van der Waals surface area contributed by atoms with Gasteiger partial charge in [-0.3, -0.25) is 14.5 Å². The lowest BCUT2D eigenvalue weighted by atomic mass is 10.1. The molecule has 34 heavy (non-hydrogen) atoms. The lowest BCUT2D eigenvalue weighted by Gasteiger charge is -2.13. The van der Waals surface area contributed by atoms with Gasteiger partial charge in [0.25, 0.3) is 11.1 Å². The summed E-state index contributed by atoms with van der Waals surface area (Å²) in [6.45, 7) is 0.198. The van der Waals surface area contributed by atoms with E-state index in [2.05, 4.69) is 6.07 Å². The van der Waals surface area contributed by atoms with Crippen LogP contribution >= 0.6 is 46.6 Å². The molecule has 4 rings (SSSR count). The molecule has 170 valence electrons. The van der Waals surface area contributed by atoms with Gasteiger partial charge < -0.3 is 4.74 Å². The van der Waals surface area contributed by atoms with Crippen molar-refractivity contribution < 1.29 is 14.3 Å². The zero-order valence-corrected chi connectivity index (χ0v) is 20.5. The predicted molar refractivity (Wildman–Crippen MR) is 135 cm³/mol. The Hall–Kier alpha value is -2.95. The van der Waals surface area contributed by atoms with Crippen LogP contribution in [0.2, 0.25) is 15.1 Å². The third-order valence-corrected chi connectivity index (χ3v) is 6.83. The van der Waals surface area contributed by atoms with E-state index in [1.807, 2.05) is 18.2 Å². The molecule has 0 unspecified atom stereocenters. The van der Waals surface area contributed by atoms with E-state index in [9.17, 15) is 14.9 Å². The van der Waals surface area contributed by atoms with Gasteiger partial charge in [0.2, 0.25) is 0 Å². The molecule has 0 N–H and O–H groups in total. The number of hydrogen-bond donors (Lipinski definition) is 0. The first-order valence-corrected chi connectivity index (χ1v) is 11.9. The first kappa shape index (κ1) is 24.2. The number of benzene rings is 3. The summed E-state index contributed by atoms with van der Waals surface area (Å²) in [6, 6.07) is 19.4. The summed E-state index contributed by atoms with van der Waals surface area (Å²) in [5, 5.41) is 9.93. The topological polar surface area (TPSA) is 70.4 Å². The molecule has 0 saturated carbocycles. The number of ether oxygens (including phenoxy) is 1. The van der Waals surface area contributed by atoms with Gasteiger partial charge in [0.1, 0.15) is 6.61 Å². The molecular formula is C25H15Cl3N2O3S. The molecule has 1 fully saturated rings. The van der Waals surface area contributed by atoms with Crippen LogP contribution in [0.15, 0.2) is 65.6 Å². The van der Waals surface area contributed by atoms with Gasteiger partial charge in [-0.05, 0) is 53.2 Å². The maximum absolute atomic E-state index is 12.9. The van der Waals surface area contributed by atoms with E-state index < -0.39 is 11.1 Å². The molecule has 2 amide bonds. The van der Waals surface area contributed by atoms with E-state index in [0.29, 0.717) is 27.5 Å². The normalized spacial score (nSPS) is 14.5. The highest BCUT2D eigenvalue weighted by Crippen LogP contribution is 2.38. The number of nitrogens with zero attached hydrogens (tertiary/aromatic N) is 2. The average molecular weight is 530 g/mol. The van der Waals surface area contributed by atoms with Gasteiger partial charge in [-0.2, -0.15) is 5.26 Å². The Balaban J connectivity index is 1.52. The highest BCUT2D eigenvalue weighted by molar-refractivity contribution is 8.18. The molecule has 9 heteroatoms. The minimum absolute atomic E-state index is 0.0159. The molecule has 0 atom stereocenters. The fraction of sp³-hybridized carbons (Fsp3) is 0.0800. The van der Waals surface area contributed by atoms with Gasteiger partial charge in [-0.15, -0.1) is 0 Å². The van der Waals surface area contributed by atoms with Crippen LogP contribution in [0.3, 0.4) is 0 Å². The van der Waals surface area contributed by atoms with Crippen molar-refractivity contribution >= 4 is 63.8 Å². The van der Waals surface area contributed by atoms with E-state index in [1.54, 1.807) is 48.5 Å². The van der Waals surface area contributed by atoms with Crippen LogP contribution in [0, 0.1) is 11.3 Å². The Bertz CT molecular complexity index is 1340. The van der Waals surface area contributed by atoms with Gasteiger partial charge in [-0.25, -0.2) is 0 Å². The second-order valence-electron chi connectivity index (χ2n) is 7.23. The van der Waals surface area contributed by atoms with Crippen LogP contribution in [0.25, 0.3) is 6.08 Å². The number of rotatable bonds is 6. The molecule has 0 aromatic heterocycles. The number of thioether (sulfide) groups is 1. The van der Waals surface area contributed by atoms with E-state index >= 15 is 0 Å². The molecule has 1 heterocycles. The van der Waals surface area contributed by atoms with E-state index in [4.69, 9.17) is 39.5 Å². The van der Waals surface area contributed by atoms with Crippen LogP contribution in [0.4, 0.5) is 4.79 Å². The van der Waals surface area contributed by atoms with Crippen LogP contribution < -0.4 is 4.74 Å². The molecular weight excluding hydrogens is 515 g/mol. The minimum atomic E-state index is -0.450. The molecule has 0 spiro atoms. The van der Waals surface area contributed by atoms with Crippen LogP contribution in [0.5, 0.6) is 5.75 Å². The highest BCUT2D eigenvalue weighted by atomic mass is 35.5. The summed E-state index contributed by atoms with van der Waals surface area (Å²) >= 11 is 19.8. The number of hydrogen-bond acceptors (Lipinski definition) is 5. The smallest absolute Gasteiger partial charge is 0.293 e. The van der Waals surface area contributed by atoms with Crippen molar-refractivity contribution in [2.24, 2.45) is 0 Å². The molecule has 0 aliphatic carbocycles. The standard InChI is InChI=1S/C25H15Cl3N2O3S/c26-19-8-4-3-7-18(19)14-33-23-20(27)9-15(10-21(23)28)11-22-24(31)30(25(32)34-22)13-17-6-2-1-5-16(17)12-29/h1-11H,13-14H2/b22-11+. The van der Waals surface area contributed by atoms with Gasteiger partial charge >= 0.3 is 0 Å². The second kappa shape index (κ2) is 10.5. The molecule has 0 bridgehead atoms. The van der Waals surface area contributed by atoms with Gasteiger partial charge in [0.05, 0.1) is 33.1 Å². The first-order chi connectivity index (χ1) is 16.4. The molecule has 0 radical (unpaired) electrons. The Morgan fingerprint density at radius 3 is 2.26 bits per heavy atom. The quantitative estimate of drug-likeness (QED) is 0.313. The Morgan fingerprint density at radius 1 is 0.941 bits per heavy atom. The van der Waals surface area contributed by atoms with Crippen molar-refractivity contribution in [1.82, 2.24) is 4.90 Å². The maximum Gasteiger partial charge on any atom is 0.293 e. The SMILES string of the molecule is N#Cc1ccccc1CN1C(=O)S/C(=C/c2cc(Cl)c(OCc3ccccc3Cl)c(Cl)c2)C1=O. The molecule has 1 aliphatic rings. The zero-order valence-electron chi connectivity index (χ0n) is 17.4. The van der Waals surface area contributed by atoms with Gasteiger partial charge in [0.15, 0.2) is 5.75 Å².